The van der Waals surface area contributed by atoms with E-state index in [1.165, 1.54) is 0 Å². The van der Waals surface area contributed by atoms with E-state index in [9.17, 15) is 0 Å². The summed E-state index contributed by atoms with van der Waals surface area (Å²) in [6.45, 7) is 6.69. The summed E-state index contributed by atoms with van der Waals surface area (Å²) in [5, 5.41) is 0. The second-order valence-corrected chi connectivity index (χ2v) is 4.70. The molecule has 0 aliphatic heterocycles. The molecule has 0 atom stereocenters. The highest BCUT2D eigenvalue weighted by Gasteiger charge is 2.04. The third kappa shape index (κ3) is 4.88. The van der Waals surface area contributed by atoms with Crippen molar-refractivity contribution in [1.82, 2.24) is 0 Å². The third-order valence-corrected chi connectivity index (χ3v) is 3.05. The molecule has 0 bridgehead atoms. The molecule has 0 radical (unpaired) electrons. The van der Waals surface area contributed by atoms with Crippen LogP contribution < -0.4 is 14.2 Å². The molecule has 0 unspecified atom stereocenters. The van der Waals surface area contributed by atoms with Gasteiger partial charge in [0.05, 0.1) is 19.4 Å². The van der Waals surface area contributed by atoms with Crippen molar-refractivity contribution < 1.29 is 14.2 Å². The number of hydrogen-bond acceptors (Lipinski definition) is 4. The Labute approximate surface area is 137 Å². The summed E-state index contributed by atoms with van der Waals surface area (Å²) in [5.41, 5.74) is 1.79. The van der Waals surface area contributed by atoms with Gasteiger partial charge in [0.2, 0.25) is 0 Å². The Kier molecular flexibility index (Phi) is 6.24. The summed E-state index contributed by atoms with van der Waals surface area (Å²) >= 11 is 0. The largest absolute Gasteiger partial charge is 0.494 e. The second kappa shape index (κ2) is 8.63. The van der Waals surface area contributed by atoms with Gasteiger partial charge in [0.25, 0.3) is 0 Å². The number of benzene rings is 2. The van der Waals surface area contributed by atoms with Crippen molar-refractivity contribution >= 4 is 11.9 Å². The summed E-state index contributed by atoms with van der Waals surface area (Å²) in [6, 6.07) is 13.3. The lowest BCUT2D eigenvalue weighted by molar-refractivity contribution is 0.326. The molecule has 4 nitrogen and oxygen atoms in total. The fourth-order valence-corrected chi connectivity index (χ4v) is 1.98. The van der Waals surface area contributed by atoms with Gasteiger partial charge >= 0.3 is 0 Å². The lowest BCUT2D eigenvalue weighted by Gasteiger charge is -2.09. The second-order valence-electron chi connectivity index (χ2n) is 4.70. The molecule has 0 saturated carbocycles. The van der Waals surface area contributed by atoms with Crippen LogP contribution in [0.15, 0.2) is 60.1 Å². The predicted molar refractivity (Wildman–Crippen MR) is 93.6 cm³/mol. The molecular formula is C19H21NO3. The van der Waals surface area contributed by atoms with Crippen LogP contribution in [0.1, 0.15) is 12.5 Å². The molecule has 0 saturated heterocycles. The molecule has 0 fully saturated rings. The molecule has 120 valence electrons. The lowest BCUT2D eigenvalue weighted by Crippen LogP contribution is -1.97. The molecule has 4 heteroatoms. The Bertz CT molecular complexity index is 663. The Balaban J connectivity index is 2.10. The van der Waals surface area contributed by atoms with E-state index in [0.717, 1.165) is 17.0 Å². The van der Waals surface area contributed by atoms with Crippen LogP contribution in [-0.2, 0) is 0 Å². The van der Waals surface area contributed by atoms with Gasteiger partial charge in [-0.05, 0) is 55.0 Å². The normalized spacial score (nSPS) is 10.5. The van der Waals surface area contributed by atoms with Crippen molar-refractivity contribution in [2.45, 2.75) is 6.92 Å². The number of nitrogens with zero attached hydrogens (tertiary/aromatic N) is 1. The Morgan fingerprint density at radius 2 is 1.83 bits per heavy atom. The summed E-state index contributed by atoms with van der Waals surface area (Å²) in [4.78, 5) is 4.45. The molecule has 0 spiro atoms. The predicted octanol–water partition coefficient (Wildman–Crippen LogP) is 4.41. The molecule has 2 rings (SSSR count). The fourth-order valence-electron chi connectivity index (χ4n) is 1.98. The zero-order valence-electron chi connectivity index (χ0n) is 13.5. The molecule has 0 aliphatic rings. The van der Waals surface area contributed by atoms with Gasteiger partial charge < -0.3 is 14.2 Å². The van der Waals surface area contributed by atoms with Gasteiger partial charge in [-0.15, -0.1) is 0 Å². The van der Waals surface area contributed by atoms with Gasteiger partial charge in [-0.25, -0.2) is 0 Å². The van der Waals surface area contributed by atoms with Crippen molar-refractivity contribution in [2.24, 2.45) is 4.99 Å². The zero-order chi connectivity index (χ0) is 16.5. The van der Waals surface area contributed by atoms with Crippen molar-refractivity contribution in [3.63, 3.8) is 0 Å². The van der Waals surface area contributed by atoms with Crippen molar-refractivity contribution in [3.8, 4) is 17.2 Å². The van der Waals surface area contributed by atoms with E-state index in [1.54, 1.807) is 19.4 Å². The molecule has 23 heavy (non-hydrogen) atoms. The van der Waals surface area contributed by atoms with Gasteiger partial charge in [-0.2, -0.15) is 0 Å². The van der Waals surface area contributed by atoms with Crippen molar-refractivity contribution in [1.29, 1.82) is 0 Å². The van der Waals surface area contributed by atoms with Crippen molar-refractivity contribution in [3.05, 3.63) is 60.7 Å². The molecule has 2 aromatic rings. The Morgan fingerprint density at radius 3 is 2.48 bits per heavy atom. The number of aliphatic imine (C=N–C) groups is 1. The first-order valence-electron chi connectivity index (χ1n) is 7.45. The average molecular weight is 311 g/mol. The highest BCUT2D eigenvalue weighted by Crippen LogP contribution is 2.28. The van der Waals surface area contributed by atoms with E-state index in [1.807, 2.05) is 49.4 Å². The summed E-state index contributed by atoms with van der Waals surface area (Å²) in [6.07, 6.45) is 3.48. The van der Waals surface area contributed by atoms with E-state index in [2.05, 4.69) is 11.6 Å². The summed E-state index contributed by atoms with van der Waals surface area (Å²) in [5.74, 6) is 2.20. The minimum absolute atomic E-state index is 0.440. The monoisotopic (exact) mass is 311 g/mol. The van der Waals surface area contributed by atoms with Crippen molar-refractivity contribution in [2.75, 3.05) is 20.3 Å². The Morgan fingerprint density at radius 1 is 1.04 bits per heavy atom. The maximum absolute atomic E-state index is 5.53. The number of methoxy groups -OCH3 is 1. The highest BCUT2D eigenvalue weighted by molar-refractivity contribution is 5.83. The van der Waals surface area contributed by atoms with Crippen LogP contribution in [0.2, 0.25) is 0 Å². The molecule has 0 aliphatic carbocycles. The van der Waals surface area contributed by atoms with E-state index < -0.39 is 0 Å². The smallest absolute Gasteiger partial charge is 0.161 e. The standard InChI is InChI=1S/C19H21NO3/c1-4-12-23-18-11-6-15(13-19(18)21-3)14-20-16-7-9-17(10-8-16)22-5-2/h4,6-11,13-14H,1,5,12H2,2-3H3. The molecule has 0 N–H and O–H groups in total. The lowest BCUT2D eigenvalue weighted by atomic mass is 10.2. The quantitative estimate of drug-likeness (QED) is 0.535. The van der Waals surface area contributed by atoms with Crippen LogP contribution in [0.5, 0.6) is 17.2 Å². The highest BCUT2D eigenvalue weighted by atomic mass is 16.5. The Hall–Kier alpha value is -2.75. The van der Waals surface area contributed by atoms with Crippen LogP contribution >= 0.6 is 0 Å². The minimum atomic E-state index is 0.440. The van der Waals surface area contributed by atoms with E-state index in [4.69, 9.17) is 14.2 Å². The molecule has 0 aromatic heterocycles. The van der Waals surface area contributed by atoms with Crippen LogP contribution in [0.3, 0.4) is 0 Å². The van der Waals surface area contributed by atoms with Gasteiger partial charge in [0, 0.05) is 6.21 Å². The summed E-state index contributed by atoms with van der Waals surface area (Å²) < 4.78 is 16.3. The van der Waals surface area contributed by atoms with Gasteiger partial charge in [-0.1, -0.05) is 12.7 Å². The molecule has 2 aromatic carbocycles. The van der Waals surface area contributed by atoms with E-state index >= 15 is 0 Å². The maximum atomic E-state index is 5.53. The number of rotatable bonds is 8. The van der Waals surface area contributed by atoms with Gasteiger partial charge in [0.15, 0.2) is 11.5 Å². The van der Waals surface area contributed by atoms with Gasteiger partial charge in [0.1, 0.15) is 12.4 Å². The SMILES string of the molecule is C=CCOc1ccc(C=Nc2ccc(OCC)cc2)cc1OC. The van der Waals surface area contributed by atoms with E-state index in [-0.39, 0.29) is 0 Å². The van der Waals surface area contributed by atoms with E-state index in [0.29, 0.717) is 24.7 Å². The first kappa shape index (κ1) is 16.6. The zero-order valence-corrected chi connectivity index (χ0v) is 13.5. The van der Waals surface area contributed by atoms with Crippen LogP contribution in [0, 0.1) is 0 Å². The fraction of sp³-hybridized carbons (Fsp3) is 0.211. The number of ether oxygens (including phenoxy) is 3. The van der Waals surface area contributed by atoms with Crippen LogP contribution in [-0.4, -0.2) is 26.5 Å². The van der Waals surface area contributed by atoms with Gasteiger partial charge in [-0.3, -0.25) is 4.99 Å². The minimum Gasteiger partial charge on any atom is -0.494 e. The first-order valence-corrected chi connectivity index (χ1v) is 7.45. The van der Waals surface area contributed by atoms with Crippen LogP contribution in [0.4, 0.5) is 5.69 Å². The number of hydrogen-bond donors (Lipinski definition) is 0. The topological polar surface area (TPSA) is 40.0 Å². The maximum Gasteiger partial charge on any atom is 0.161 e. The third-order valence-electron chi connectivity index (χ3n) is 3.05. The molecule has 0 amide bonds. The molecular weight excluding hydrogens is 290 g/mol. The summed E-state index contributed by atoms with van der Waals surface area (Å²) in [7, 11) is 1.61. The van der Waals surface area contributed by atoms with Crippen LogP contribution in [0.25, 0.3) is 0 Å². The molecule has 0 heterocycles. The average Bonchev–Trinajstić information content (AvgIpc) is 2.60. The first-order chi connectivity index (χ1) is 11.3.